The van der Waals surface area contributed by atoms with Crippen molar-refractivity contribution in [3.63, 3.8) is 0 Å². The van der Waals surface area contributed by atoms with Gasteiger partial charge < -0.3 is 25.4 Å². The summed E-state index contributed by atoms with van der Waals surface area (Å²) < 4.78 is 10.7. The van der Waals surface area contributed by atoms with Gasteiger partial charge in [-0.1, -0.05) is 12.1 Å². The van der Waals surface area contributed by atoms with Gasteiger partial charge >= 0.3 is 0 Å². The van der Waals surface area contributed by atoms with Gasteiger partial charge in [-0.15, -0.1) is 0 Å². The number of ether oxygens (including phenoxy) is 2. The highest BCUT2D eigenvalue weighted by molar-refractivity contribution is 5.77. The number of rotatable bonds is 10. The molecule has 0 saturated heterocycles. The van der Waals surface area contributed by atoms with Crippen molar-refractivity contribution in [2.45, 2.75) is 13.8 Å². The molecule has 0 unspecified atom stereocenters. The first-order valence-electron chi connectivity index (χ1n) is 9.85. The second-order valence-electron chi connectivity index (χ2n) is 6.75. The van der Waals surface area contributed by atoms with Crippen molar-refractivity contribution in [3.05, 3.63) is 60.0 Å². The highest BCUT2D eigenvalue weighted by Crippen LogP contribution is 2.25. The molecule has 9 nitrogen and oxygen atoms in total. The van der Waals surface area contributed by atoms with Gasteiger partial charge in [-0.3, -0.25) is 4.79 Å². The largest absolute Gasteiger partial charge is 0.493 e. The van der Waals surface area contributed by atoms with E-state index < -0.39 is 0 Å². The fraction of sp³-hybridized carbons (Fsp3) is 0.273. The summed E-state index contributed by atoms with van der Waals surface area (Å²) in [7, 11) is 1.56. The quantitative estimate of drug-likeness (QED) is 0.428. The third kappa shape index (κ3) is 6.84. The van der Waals surface area contributed by atoms with Gasteiger partial charge in [0.05, 0.1) is 7.11 Å². The van der Waals surface area contributed by atoms with Crippen LogP contribution in [0, 0.1) is 13.8 Å². The van der Waals surface area contributed by atoms with E-state index in [0.717, 1.165) is 5.56 Å². The van der Waals surface area contributed by atoms with Crippen molar-refractivity contribution in [2.75, 3.05) is 37.4 Å². The summed E-state index contributed by atoms with van der Waals surface area (Å²) in [5, 5.41) is 9.16. The lowest BCUT2D eigenvalue weighted by molar-refractivity contribution is -0.123. The van der Waals surface area contributed by atoms with Crippen LogP contribution in [0.25, 0.3) is 0 Å². The first-order valence-corrected chi connectivity index (χ1v) is 9.85. The van der Waals surface area contributed by atoms with Crippen LogP contribution in [-0.2, 0) is 4.79 Å². The van der Waals surface area contributed by atoms with Crippen LogP contribution in [0.2, 0.25) is 0 Å². The van der Waals surface area contributed by atoms with E-state index in [1.807, 2.05) is 38.1 Å². The summed E-state index contributed by atoms with van der Waals surface area (Å²) in [4.78, 5) is 25.1. The smallest absolute Gasteiger partial charge is 0.258 e. The van der Waals surface area contributed by atoms with E-state index in [1.54, 1.807) is 31.5 Å². The minimum absolute atomic E-state index is 0.0927. The summed E-state index contributed by atoms with van der Waals surface area (Å²) in [6.45, 7) is 4.64. The van der Waals surface area contributed by atoms with Crippen molar-refractivity contribution < 1.29 is 14.3 Å². The molecule has 3 N–H and O–H groups in total. The zero-order valence-electron chi connectivity index (χ0n) is 17.8. The summed E-state index contributed by atoms with van der Waals surface area (Å²) in [5.74, 6) is 3.52. The molecule has 0 atom stereocenters. The highest BCUT2D eigenvalue weighted by atomic mass is 16.5. The van der Waals surface area contributed by atoms with E-state index in [0.29, 0.717) is 47.9 Å². The van der Waals surface area contributed by atoms with E-state index in [-0.39, 0.29) is 12.5 Å². The van der Waals surface area contributed by atoms with Gasteiger partial charge in [0.15, 0.2) is 18.1 Å². The Morgan fingerprint density at radius 1 is 0.968 bits per heavy atom. The number of pyridine rings is 1. The first-order chi connectivity index (χ1) is 15.0. The third-order valence-electron chi connectivity index (χ3n) is 4.19. The lowest BCUT2D eigenvalue weighted by Crippen LogP contribution is -2.32. The fourth-order valence-electron chi connectivity index (χ4n) is 2.78. The average molecular weight is 422 g/mol. The maximum absolute atomic E-state index is 12.0. The molecule has 3 aromatic rings. The number of carbonyl (C=O) groups is 1. The number of nitrogens with one attached hydrogen (secondary N) is 3. The topological polar surface area (TPSA) is 110 Å². The Labute approximate surface area is 181 Å². The second kappa shape index (κ2) is 10.8. The van der Waals surface area contributed by atoms with Crippen molar-refractivity contribution in [3.8, 4) is 11.5 Å². The number of carbonyl (C=O) groups excluding carboxylic acids is 1. The number of methoxy groups -OCH3 is 1. The van der Waals surface area contributed by atoms with Crippen LogP contribution in [0.5, 0.6) is 11.5 Å². The molecule has 0 aliphatic carbocycles. The van der Waals surface area contributed by atoms with Gasteiger partial charge in [-0.2, -0.15) is 0 Å². The number of para-hydroxylation sites is 2. The number of aromatic nitrogens is 3. The lowest BCUT2D eigenvalue weighted by Gasteiger charge is -2.12. The van der Waals surface area contributed by atoms with E-state index in [4.69, 9.17) is 9.47 Å². The Morgan fingerprint density at radius 2 is 1.74 bits per heavy atom. The summed E-state index contributed by atoms with van der Waals surface area (Å²) in [6.07, 6.45) is 1.74. The lowest BCUT2D eigenvalue weighted by atomic mass is 10.3. The molecule has 0 fully saturated rings. The molecule has 0 radical (unpaired) electrons. The molecule has 0 bridgehead atoms. The van der Waals surface area contributed by atoms with Gasteiger partial charge in [0, 0.05) is 25.4 Å². The fourth-order valence-corrected chi connectivity index (χ4v) is 2.78. The van der Waals surface area contributed by atoms with Crippen LogP contribution >= 0.6 is 0 Å². The SMILES string of the molecule is COc1ccccc1OCC(=O)NCCNc1cc(Nc2cc(C)ccn2)nc(C)n1. The van der Waals surface area contributed by atoms with Crippen LogP contribution in [0.1, 0.15) is 11.4 Å². The molecule has 0 aliphatic heterocycles. The minimum atomic E-state index is -0.223. The molecule has 0 saturated carbocycles. The van der Waals surface area contributed by atoms with Crippen molar-refractivity contribution in [2.24, 2.45) is 0 Å². The standard InChI is InChI=1S/C22H26N6O3/c1-15-8-9-23-19(12-15)28-21-13-20(26-16(2)27-21)24-10-11-25-22(29)14-31-18-7-5-4-6-17(18)30-3/h4-9,12-13H,10-11,14H2,1-3H3,(H,25,29)(H2,23,24,26,27,28). The molecule has 162 valence electrons. The predicted octanol–water partition coefficient (Wildman–Crippen LogP) is 2.85. The third-order valence-corrected chi connectivity index (χ3v) is 4.19. The number of amides is 1. The number of anilines is 3. The van der Waals surface area contributed by atoms with Crippen LogP contribution in [0.4, 0.5) is 17.5 Å². The molecule has 2 aromatic heterocycles. The van der Waals surface area contributed by atoms with E-state index >= 15 is 0 Å². The molecular weight excluding hydrogens is 396 g/mol. The van der Waals surface area contributed by atoms with Gasteiger partial charge in [0.1, 0.15) is 23.3 Å². The van der Waals surface area contributed by atoms with Gasteiger partial charge in [0.2, 0.25) is 0 Å². The van der Waals surface area contributed by atoms with E-state index in [9.17, 15) is 4.79 Å². The van der Waals surface area contributed by atoms with E-state index in [1.165, 1.54) is 0 Å². The maximum Gasteiger partial charge on any atom is 0.258 e. The Bertz CT molecular complexity index is 1030. The summed E-state index contributed by atoms with van der Waals surface area (Å²) >= 11 is 0. The van der Waals surface area contributed by atoms with Crippen molar-refractivity contribution in [1.29, 1.82) is 0 Å². The van der Waals surface area contributed by atoms with Gasteiger partial charge in [-0.05, 0) is 43.7 Å². The molecule has 9 heteroatoms. The minimum Gasteiger partial charge on any atom is -0.493 e. The Morgan fingerprint density at radius 3 is 2.52 bits per heavy atom. The normalized spacial score (nSPS) is 10.3. The number of aryl methyl sites for hydroxylation is 2. The molecule has 1 aromatic carbocycles. The second-order valence-corrected chi connectivity index (χ2v) is 6.75. The van der Waals surface area contributed by atoms with Crippen molar-refractivity contribution >= 4 is 23.4 Å². The predicted molar refractivity (Wildman–Crippen MR) is 119 cm³/mol. The maximum atomic E-state index is 12.0. The molecule has 0 aliphatic rings. The van der Waals surface area contributed by atoms with Crippen molar-refractivity contribution in [1.82, 2.24) is 20.3 Å². The van der Waals surface area contributed by atoms with Gasteiger partial charge in [0.25, 0.3) is 5.91 Å². The molecular formula is C22H26N6O3. The van der Waals surface area contributed by atoms with Gasteiger partial charge in [-0.25, -0.2) is 15.0 Å². The molecule has 2 heterocycles. The van der Waals surface area contributed by atoms with Crippen LogP contribution < -0.4 is 25.4 Å². The number of nitrogens with zero attached hydrogens (tertiary/aromatic N) is 3. The molecule has 1 amide bonds. The van der Waals surface area contributed by atoms with Crippen LogP contribution in [-0.4, -0.2) is 47.7 Å². The Hall–Kier alpha value is -3.88. The Balaban J connectivity index is 1.44. The summed E-state index contributed by atoms with van der Waals surface area (Å²) in [5.41, 5.74) is 1.10. The van der Waals surface area contributed by atoms with E-state index in [2.05, 4.69) is 30.9 Å². The number of benzene rings is 1. The monoisotopic (exact) mass is 422 g/mol. The molecule has 0 spiro atoms. The van der Waals surface area contributed by atoms with Crippen LogP contribution in [0.15, 0.2) is 48.7 Å². The zero-order chi connectivity index (χ0) is 22.1. The number of hydrogen-bond acceptors (Lipinski definition) is 8. The zero-order valence-corrected chi connectivity index (χ0v) is 17.8. The first kappa shape index (κ1) is 21.8. The Kier molecular flexibility index (Phi) is 7.58. The number of hydrogen-bond donors (Lipinski definition) is 3. The average Bonchev–Trinajstić information content (AvgIpc) is 2.75. The highest BCUT2D eigenvalue weighted by Gasteiger charge is 2.07. The summed E-state index contributed by atoms with van der Waals surface area (Å²) in [6, 6.07) is 12.9. The molecule has 3 rings (SSSR count). The molecule has 31 heavy (non-hydrogen) atoms. The van der Waals surface area contributed by atoms with Crippen LogP contribution in [0.3, 0.4) is 0 Å².